The summed E-state index contributed by atoms with van der Waals surface area (Å²) >= 11 is 0. The molecule has 23 heavy (non-hydrogen) atoms. The minimum atomic E-state index is -0.104. The monoisotopic (exact) mass is 309 g/mol. The van der Waals surface area contributed by atoms with Crippen LogP contribution in [0.25, 0.3) is 0 Å². The molecule has 0 aromatic heterocycles. The molecular formula is C19H23N3O. The van der Waals surface area contributed by atoms with Gasteiger partial charge in [0.15, 0.2) is 0 Å². The molecular weight excluding hydrogens is 286 g/mol. The van der Waals surface area contributed by atoms with Gasteiger partial charge in [-0.05, 0) is 49.2 Å². The highest BCUT2D eigenvalue weighted by atomic mass is 16.1. The maximum atomic E-state index is 12.5. The van der Waals surface area contributed by atoms with Crippen molar-refractivity contribution in [1.29, 1.82) is 0 Å². The molecule has 3 rings (SSSR count). The Hall–Kier alpha value is -2.49. The van der Waals surface area contributed by atoms with E-state index >= 15 is 0 Å². The van der Waals surface area contributed by atoms with Gasteiger partial charge >= 0.3 is 0 Å². The summed E-state index contributed by atoms with van der Waals surface area (Å²) < 4.78 is 0. The van der Waals surface area contributed by atoms with Crippen LogP contribution < -0.4 is 16.0 Å². The Kier molecular flexibility index (Phi) is 4.81. The van der Waals surface area contributed by atoms with Crippen molar-refractivity contribution in [3.8, 4) is 0 Å². The number of carbonyl (C=O) groups is 1. The first-order chi connectivity index (χ1) is 11.2. The number of nitrogens with one attached hydrogen (secondary N) is 1. The minimum Gasteiger partial charge on any atom is -0.399 e. The van der Waals surface area contributed by atoms with E-state index in [1.54, 1.807) is 24.3 Å². The Morgan fingerprint density at radius 3 is 2.26 bits per heavy atom. The third kappa shape index (κ3) is 3.83. The van der Waals surface area contributed by atoms with Gasteiger partial charge in [-0.15, -0.1) is 0 Å². The molecule has 0 bridgehead atoms. The largest absolute Gasteiger partial charge is 0.399 e. The zero-order valence-corrected chi connectivity index (χ0v) is 13.3. The maximum Gasteiger partial charge on any atom is 0.255 e. The number of anilines is 3. The van der Waals surface area contributed by atoms with Crippen molar-refractivity contribution in [2.75, 3.05) is 29.0 Å². The average molecular weight is 309 g/mol. The van der Waals surface area contributed by atoms with Gasteiger partial charge in [-0.1, -0.05) is 25.0 Å². The van der Waals surface area contributed by atoms with E-state index in [2.05, 4.69) is 16.3 Å². The Labute approximate surface area is 137 Å². The standard InChI is InChI=1S/C19H23N3O/c20-16-11-9-15(10-12-16)19(23)21-17-7-3-4-8-18(17)22-13-5-1-2-6-14-22/h3-4,7-12H,1-2,5-6,13-14,20H2,(H,21,23). The van der Waals surface area contributed by atoms with E-state index < -0.39 is 0 Å². The van der Waals surface area contributed by atoms with Crippen LogP contribution >= 0.6 is 0 Å². The number of carbonyl (C=O) groups excluding carboxylic acids is 1. The Bertz CT molecular complexity index is 659. The van der Waals surface area contributed by atoms with Gasteiger partial charge in [0.25, 0.3) is 5.91 Å². The second-order valence-corrected chi connectivity index (χ2v) is 5.99. The molecule has 1 aliphatic heterocycles. The lowest BCUT2D eigenvalue weighted by atomic mass is 10.1. The molecule has 120 valence electrons. The second kappa shape index (κ2) is 7.18. The number of benzene rings is 2. The smallest absolute Gasteiger partial charge is 0.255 e. The van der Waals surface area contributed by atoms with Crippen LogP contribution in [0.3, 0.4) is 0 Å². The summed E-state index contributed by atoms with van der Waals surface area (Å²) in [5.74, 6) is -0.104. The van der Waals surface area contributed by atoms with Gasteiger partial charge in [0.1, 0.15) is 0 Å². The number of nitrogens with zero attached hydrogens (tertiary/aromatic N) is 1. The summed E-state index contributed by atoms with van der Waals surface area (Å²) in [6.45, 7) is 2.10. The molecule has 1 amide bonds. The summed E-state index contributed by atoms with van der Waals surface area (Å²) in [5, 5.41) is 3.04. The van der Waals surface area contributed by atoms with Crippen LogP contribution in [0.1, 0.15) is 36.0 Å². The van der Waals surface area contributed by atoms with Crippen molar-refractivity contribution in [3.05, 3.63) is 54.1 Å². The second-order valence-electron chi connectivity index (χ2n) is 5.99. The molecule has 0 aliphatic carbocycles. The third-order valence-corrected chi connectivity index (χ3v) is 4.27. The molecule has 0 saturated carbocycles. The zero-order chi connectivity index (χ0) is 16.1. The van der Waals surface area contributed by atoms with E-state index in [1.165, 1.54) is 25.7 Å². The minimum absolute atomic E-state index is 0.104. The van der Waals surface area contributed by atoms with E-state index in [-0.39, 0.29) is 5.91 Å². The topological polar surface area (TPSA) is 58.4 Å². The summed E-state index contributed by atoms with van der Waals surface area (Å²) in [6, 6.07) is 15.0. The maximum absolute atomic E-state index is 12.5. The van der Waals surface area contributed by atoms with Crippen LogP contribution in [0.15, 0.2) is 48.5 Å². The van der Waals surface area contributed by atoms with Crippen LogP contribution in [0, 0.1) is 0 Å². The van der Waals surface area contributed by atoms with Gasteiger partial charge < -0.3 is 16.0 Å². The lowest BCUT2D eigenvalue weighted by molar-refractivity contribution is 0.102. The lowest BCUT2D eigenvalue weighted by Gasteiger charge is -2.25. The first-order valence-corrected chi connectivity index (χ1v) is 8.25. The van der Waals surface area contributed by atoms with Gasteiger partial charge in [0.2, 0.25) is 0 Å². The molecule has 2 aromatic carbocycles. The Morgan fingerprint density at radius 1 is 0.913 bits per heavy atom. The Balaban J connectivity index is 1.79. The predicted molar refractivity (Wildman–Crippen MR) is 95.9 cm³/mol. The fourth-order valence-electron chi connectivity index (χ4n) is 3.00. The van der Waals surface area contributed by atoms with Crippen molar-refractivity contribution >= 4 is 23.0 Å². The number of para-hydroxylation sites is 2. The van der Waals surface area contributed by atoms with E-state index in [4.69, 9.17) is 5.73 Å². The third-order valence-electron chi connectivity index (χ3n) is 4.27. The number of hydrogen-bond donors (Lipinski definition) is 2. The van der Waals surface area contributed by atoms with Crippen molar-refractivity contribution in [1.82, 2.24) is 0 Å². The van der Waals surface area contributed by atoms with E-state index in [9.17, 15) is 4.79 Å². The molecule has 1 aliphatic rings. The van der Waals surface area contributed by atoms with Gasteiger partial charge in [-0.25, -0.2) is 0 Å². The van der Waals surface area contributed by atoms with Gasteiger partial charge in [-0.2, -0.15) is 0 Å². The van der Waals surface area contributed by atoms with Crippen LogP contribution in [0.2, 0.25) is 0 Å². The summed E-state index contributed by atoms with van der Waals surface area (Å²) in [6.07, 6.45) is 4.99. The first-order valence-electron chi connectivity index (χ1n) is 8.25. The van der Waals surface area contributed by atoms with Crippen molar-refractivity contribution in [3.63, 3.8) is 0 Å². The molecule has 0 radical (unpaired) electrons. The molecule has 1 heterocycles. The fraction of sp³-hybridized carbons (Fsp3) is 0.316. The number of amides is 1. The number of rotatable bonds is 3. The number of nitrogens with two attached hydrogens (primary N) is 1. The highest BCUT2D eigenvalue weighted by Crippen LogP contribution is 2.28. The molecule has 0 unspecified atom stereocenters. The number of hydrogen-bond acceptors (Lipinski definition) is 3. The molecule has 0 atom stereocenters. The quantitative estimate of drug-likeness (QED) is 0.845. The molecule has 3 N–H and O–H groups in total. The van der Waals surface area contributed by atoms with E-state index in [0.29, 0.717) is 11.3 Å². The fourth-order valence-corrected chi connectivity index (χ4v) is 3.00. The molecule has 4 heteroatoms. The van der Waals surface area contributed by atoms with Crippen LogP contribution in [0.5, 0.6) is 0 Å². The molecule has 1 fully saturated rings. The van der Waals surface area contributed by atoms with Crippen molar-refractivity contribution in [2.24, 2.45) is 0 Å². The predicted octanol–water partition coefficient (Wildman–Crippen LogP) is 3.90. The van der Waals surface area contributed by atoms with Crippen LogP contribution in [-0.4, -0.2) is 19.0 Å². The lowest BCUT2D eigenvalue weighted by Crippen LogP contribution is -2.25. The van der Waals surface area contributed by atoms with Crippen molar-refractivity contribution in [2.45, 2.75) is 25.7 Å². The average Bonchev–Trinajstić information content (AvgIpc) is 2.85. The summed E-state index contributed by atoms with van der Waals surface area (Å²) in [4.78, 5) is 14.8. The normalized spacial score (nSPS) is 15.0. The zero-order valence-electron chi connectivity index (χ0n) is 13.3. The van der Waals surface area contributed by atoms with Crippen LogP contribution in [-0.2, 0) is 0 Å². The summed E-state index contributed by atoms with van der Waals surface area (Å²) in [5.41, 5.74) is 8.93. The first kappa shape index (κ1) is 15.4. The van der Waals surface area contributed by atoms with Crippen LogP contribution in [0.4, 0.5) is 17.1 Å². The Morgan fingerprint density at radius 2 is 1.57 bits per heavy atom. The van der Waals surface area contributed by atoms with Crippen molar-refractivity contribution < 1.29 is 4.79 Å². The molecule has 4 nitrogen and oxygen atoms in total. The summed E-state index contributed by atoms with van der Waals surface area (Å²) in [7, 11) is 0. The van der Waals surface area contributed by atoms with Gasteiger partial charge in [0.05, 0.1) is 11.4 Å². The number of nitrogen functional groups attached to an aromatic ring is 1. The molecule has 2 aromatic rings. The van der Waals surface area contributed by atoms with E-state index in [1.807, 2.05) is 18.2 Å². The highest BCUT2D eigenvalue weighted by molar-refractivity contribution is 6.06. The molecule has 0 spiro atoms. The van der Waals surface area contributed by atoms with Gasteiger partial charge in [0, 0.05) is 24.3 Å². The van der Waals surface area contributed by atoms with Gasteiger partial charge in [-0.3, -0.25) is 4.79 Å². The van der Waals surface area contributed by atoms with E-state index in [0.717, 1.165) is 24.5 Å². The highest BCUT2D eigenvalue weighted by Gasteiger charge is 2.15. The SMILES string of the molecule is Nc1ccc(C(=O)Nc2ccccc2N2CCCCCC2)cc1. The molecule has 1 saturated heterocycles.